The minimum Gasteiger partial charge on any atom is -0.398 e. The number of rotatable bonds is 4. The van der Waals surface area contributed by atoms with Gasteiger partial charge in [-0.3, -0.25) is 0 Å². The molecule has 0 bridgehead atoms. The topological polar surface area (TPSA) is 74.2 Å². The van der Waals surface area contributed by atoms with E-state index >= 15 is 0 Å². The maximum absolute atomic E-state index is 13.1. The lowest BCUT2D eigenvalue weighted by Crippen LogP contribution is -2.27. The van der Waals surface area contributed by atoms with Gasteiger partial charge in [0.1, 0.15) is 11.4 Å². The van der Waals surface area contributed by atoms with Gasteiger partial charge in [0.2, 0.25) is 5.82 Å². The van der Waals surface area contributed by atoms with Crippen molar-refractivity contribution in [3.8, 4) is 11.5 Å². The SMILES string of the molecule is CCOC1(c2noc(-c3ccc(F)cc3N)n2)CCCC1. The van der Waals surface area contributed by atoms with Gasteiger partial charge >= 0.3 is 0 Å². The van der Waals surface area contributed by atoms with Crippen molar-refractivity contribution in [3.05, 3.63) is 29.8 Å². The molecule has 1 heterocycles. The summed E-state index contributed by atoms with van der Waals surface area (Å²) in [5.74, 6) is 0.464. The quantitative estimate of drug-likeness (QED) is 0.875. The highest BCUT2D eigenvalue weighted by Gasteiger charge is 2.41. The van der Waals surface area contributed by atoms with Crippen LogP contribution in [0.1, 0.15) is 38.4 Å². The number of aromatic nitrogens is 2. The summed E-state index contributed by atoms with van der Waals surface area (Å²) in [5, 5.41) is 4.07. The second-order valence-electron chi connectivity index (χ2n) is 5.29. The number of nitrogens with two attached hydrogens (primary N) is 1. The van der Waals surface area contributed by atoms with Gasteiger partial charge in [-0.05, 0) is 50.8 Å². The van der Waals surface area contributed by atoms with Crippen LogP contribution in [0.5, 0.6) is 0 Å². The van der Waals surface area contributed by atoms with Crippen LogP contribution in [0, 0.1) is 5.82 Å². The minimum atomic E-state index is -0.453. The van der Waals surface area contributed by atoms with Gasteiger partial charge in [-0.2, -0.15) is 4.98 Å². The number of nitrogen functional groups attached to an aromatic ring is 1. The van der Waals surface area contributed by atoms with Gasteiger partial charge in [0, 0.05) is 12.3 Å². The van der Waals surface area contributed by atoms with Gasteiger partial charge in [-0.1, -0.05) is 5.16 Å². The fourth-order valence-electron chi connectivity index (χ4n) is 2.90. The Bertz CT molecular complexity index is 636. The molecule has 0 spiro atoms. The normalized spacial score (nSPS) is 17.2. The van der Waals surface area contributed by atoms with E-state index in [4.69, 9.17) is 15.0 Å². The number of ether oxygens (including phenoxy) is 1. The van der Waals surface area contributed by atoms with Crippen LogP contribution in [0.25, 0.3) is 11.5 Å². The molecule has 1 fully saturated rings. The lowest BCUT2D eigenvalue weighted by Gasteiger charge is -2.24. The largest absolute Gasteiger partial charge is 0.398 e. The first-order valence-electron chi connectivity index (χ1n) is 7.18. The maximum Gasteiger partial charge on any atom is 0.260 e. The lowest BCUT2D eigenvalue weighted by molar-refractivity contribution is -0.0469. The number of benzene rings is 1. The van der Waals surface area contributed by atoms with Gasteiger partial charge in [0.15, 0.2) is 0 Å². The molecule has 0 radical (unpaired) electrons. The molecule has 112 valence electrons. The van der Waals surface area contributed by atoms with E-state index in [2.05, 4.69) is 10.1 Å². The van der Waals surface area contributed by atoms with Crippen LogP contribution in [0.4, 0.5) is 10.1 Å². The Kier molecular flexibility index (Phi) is 3.63. The fraction of sp³-hybridized carbons (Fsp3) is 0.467. The van der Waals surface area contributed by atoms with Crippen molar-refractivity contribution in [2.24, 2.45) is 0 Å². The van der Waals surface area contributed by atoms with Crippen LogP contribution < -0.4 is 5.73 Å². The van der Waals surface area contributed by atoms with E-state index in [9.17, 15) is 4.39 Å². The molecule has 0 amide bonds. The smallest absolute Gasteiger partial charge is 0.260 e. The highest BCUT2D eigenvalue weighted by molar-refractivity contribution is 5.70. The van der Waals surface area contributed by atoms with E-state index in [0.717, 1.165) is 25.7 Å². The summed E-state index contributed by atoms with van der Waals surface area (Å²) in [6, 6.07) is 4.11. The third-order valence-corrected chi connectivity index (χ3v) is 3.91. The van der Waals surface area contributed by atoms with Crippen LogP contribution in [0.15, 0.2) is 22.7 Å². The summed E-state index contributed by atoms with van der Waals surface area (Å²) in [6.45, 7) is 2.56. The number of nitrogens with zero attached hydrogens (tertiary/aromatic N) is 2. The summed E-state index contributed by atoms with van der Waals surface area (Å²) in [4.78, 5) is 4.44. The predicted molar refractivity (Wildman–Crippen MR) is 75.9 cm³/mol. The second kappa shape index (κ2) is 5.44. The van der Waals surface area contributed by atoms with Gasteiger partial charge in [0.25, 0.3) is 5.89 Å². The Morgan fingerprint density at radius 2 is 2.14 bits per heavy atom. The Labute approximate surface area is 122 Å². The first-order chi connectivity index (χ1) is 10.1. The molecule has 1 saturated carbocycles. The van der Waals surface area contributed by atoms with Crippen LogP contribution in [0.3, 0.4) is 0 Å². The highest BCUT2D eigenvalue weighted by atomic mass is 19.1. The van der Waals surface area contributed by atoms with Gasteiger partial charge in [-0.15, -0.1) is 0 Å². The second-order valence-corrected chi connectivity index (χ2v) is 5.29. The average molecular weight is 291 g/mol. The van der Waals surface area contributed by atoms with Crippen molar-refractivity contribution >= 4 is 5.69 Å². The van der Waals surface area contributed by atoms with Crippen LogP contribution in [-0.2, 0) is 10.3 Å². The molecule has 0 aliphatic heterocycles. The maximum atomic E-state index is 13.1. The predicted octanol–water partition coefficient (Wildman–Crippen LogP) is 3.26. The van der Waals surface area contributed by atoms with E-state index in [1.165, 1.54) is 12.1 Å². The molecule has 0 unspecified atom stereocenters. The van der Waals surface area contributed by atoms with Gasteiger partial charge in [0.05, 0.1) is 5.56 Å². The van der Waals surface area contributed by atoms with Crippen LogP contribution >= 0.6 is 0 Å². The fourth-order valence-corrected chi connectivity index (χ4v) is 2.90. The van der Waals surface area contributed by atoms with E-state index in [0.29, 0.717) is 23.9 Å². The zero-order chi connectivity index (χ0) is 14.9. The first kappa shape index (κ1) is 14.0. The van der Waals surface area contributed by atoms with Crippen molar-refractivity contribution in [1.82, 2.24) is 10.1 Å². The monoisotopic (exact) mass is 291 g/mol. The molecular weight excluding hydrogens is 273 g/mol. The van der Waals surface area contributed by atoms with Crippen LogP contribution in [0.2, 0.25) is 0 Å². The third kappa shape index (κ3) is 2.51. The standard InChI is InChI=1S/C15H18FN3O2/c1-2-20-15(7-3-4-8-15)14-18-13(21-19-14)11-6-5-10(16)9-12(11)17/h5-6,9H,2-4,7-8,17H2,1H3. The molecule has 1 aliphatic rings. The zero-order valence-corrected chi connectivity index (χ0v) is 11.9. The Morgan fingerprint density at radius 3 is 2.81 bits per heavy atom. The Morgan fingerprint density at radius 1 is 1.38 bits per heavy atom. The molecule has 5 nitrogen and oxygen atoms in total. The molecule has 6 heteroatoms. The number of anilines is 1. The molecule has 2 N–H and O–H groups in total. The molecule has 0 atom stereocenters. The molecule has 1 aliphatic carbocycles. The Balaban J connectivity index is 1.95. The zero-order valence-electron chi connectivity index (χ0n) is 11.9. The highest BCUT2D eigenvalue weighted by Crippen LogP contribution is 2.41. The molecule has 1 aromatic carbocycles. The van der Waals surface area contributed by atoms with E-state index < -0.39 is 11.4 Å². The van der Waals surface area contributed by atoms with Crippen molar-refractivity contribution in [1.29, 1.82) is 0 Å². The van der Waals surface area contributed by atoms with Crippen LogP contribution in [-0.4, -0.2) is 16.7 Å². The van der Waals surface area contributed by atoms with E-state index in [1.54, 1.807) is 6.07 Å². The van der Waals surface area contributed by atoms with Gasteiger partial charge < -0.3 is 15.0 Å². The number of halogens is 1. The third-order valence-electron chi connectivity index (χ3n) is 3.91. The minimum absolute atomic E-state index is 0.280. The number of hydrogen-bond acceptors (Lipinski definition) is 5. The summed E-state index contributed by atoms with van der Waals surface area (Å²) in [7, 11) is 0. The van der Waals surface area contributed by atoms with Crippen molar-refractivity contribution in [2.45, 2.75) is 38.2 Å². The number of hydrogen-bond donors (Lipinski definition) is 1. The average Bonchev–Trinajstić information content (AvgIpc) is 3.08. The molecule has 2 aromatic rings. The molecule has 3 rings (SSSR count). The summed E-state index contributed by atoms with van der Waals surface area (Å²) in [5.41, 5.74) is 6.18. The van der Waals surface area contributed by atoms with Crippen molar-refractivity contribution < 1.29 is 13.7 Å². The summed E-state index contributed by atoms with van der Waals surface area (Å²) in [6.07, 6.45) is 3.95. The van der Waals surface area contributed by atoms with E-state index in [-0.39, 0.29) is 5.69 Å². The molecule has 0 saturated heterocycles. The van der Waals surface area contributed by atoms with Crippen molar-refractivity contribution in [2.75, 3.05) is 12.3 Å². The van der Waals surface area contributed by atoms with Crippen molar-refractivity contribution in [3.63, 3.8) is 0 Å². The van der Waals surface area contributed by atoms with E-state index in [1.807, 2.05) is 6.92 Å². The Hall–Kier alpha value is -1.95. The first-order valence-corrected chi connectivity index (χ1v) is 7.18. The summed E-state index contributed by atoms with van der Waals surface area (Å²) < 4.78 is 24.3. The lowest BCUT2D eigenvalue weighted by atomic mass is 10.0. The molecule has 21 heavy (non-hydrogen) atoms. The van der Waals surface area contributed by atoms with Gasteiger partial charge in [-0.25, -0.2) is 4.39 Å². The molecular formula is C15H18FN3O2. The molecule has 1 aromatic heterocycles. The summed E-state index contributed by atoms with van der Waals surface area (Å²) >= 11 is 0.